The molecule has 0 radical (unpaired) electrons. The van der Waals surface area contributed by atoms with E-state index in [-0.39, 0.29) is 5.41 Å². The van der Waals surface area contributed by atoms with Crippen molar-refractivity contribution in [3.63, 3.8) is 0 Å². The molecule has 0 saturated heterocycles. The highest BCUT2D eigenvalue weighted by Crippen LogP contribution is 2.29. The highest BCUT2D eigenvalue weighted by atomic mass is 15.3. The summed E-state index contributed by atoms with van der Waals surface area (Å²) < 4.78 is 2.07. The third-order valence-corrected chi connectivity index (χ3v) is 4.10. The Hall–Kier alpha value is -1.61. The van der Waals surface area contributed by atoms with Crippen LogP contribution in [0, 0.1) is 0 Å². The van der Waals surface area contributed by atoms with E-state index in [0.29, 0.717) is 0 Å². The van der Waals surface area contributed by atoms with Gasteiger partial charge in [-0.05, 0) is 44.0 Å². The van der Waals surface area contributed by atoms with Gasteiger partial charge in [0.05, 0.1) is 5.69 Å². The zero-order valence-corrected chi connectivity index (χ0v) is 12.3. The molecule has 1 aliphatic carbocycles. The SMILES string of the molecule is CC(C)(CCNC1CC1)c1ccnn1-c1ccccc1. The number of aromatic nitrogens is 2. The van der Waals surface area contributed by atoms with Gasteiger partial charge < -0.3 is 5.32 Å². The summed E-state index contributed by atoms with van der Waals surface area (Å²) in [5, 5.41) is 8.11. The second kappa shape index (κ2) is 5.41. The highest BCUT2D eigenvalue weighted by molar-refractivity contribution is 5.34. The lowest BCUT2D eigenvalue weighted by Gasteiger charge is -2.26. The van der Waals surface area contributed by atoms with Crippen LogP contribution in [0.15, 0.2) is 42.6 Å². The maximum Gasteiger partial charge on any atom is 0.0649 e. The fraction of sp³-hybridized carbons (Fsp3) is 0.471. The number of nitrogens with one attached hydrogen (secondary N) is 1. The molecule has 1 fully saturated rings. The summed E-state index contributed by atoms with van der Waals surface area (Å²) in [5.74, 6) is 0. The van der Waals surface area contributed by atoms with Crippen LogP contribution in [0.4, 0.5) is 0 Å². The molecule has 3 nitrogen and oxygen atoms in total. The number of hydrogen-bond donors (Lipinski definition) is 1. The summed E-state index contributed by atoms with van der Waals surface area (Å²) in [6.45, 7) is 5.69. The summed E-state index contributed by atoms with van der Waals surface area (Å²) >= 11 is 0. The van der Waals surface area contributed by atoms with Crippen LogP contribution in [0.3, 0.4) is 0 Å². The Bertz CT molecular complexity index is 553. The van der Waals surface area contributed by atoms with Gasteiger partial charge in [0.1, 0.15) is 0 Å². The van der Waals surface area contributed by atoms with Crippen LogP contribution in [-0.2, 0) is 5.41 Å². The first kappa shape index (κ1) is 13.4. The van der Waals surface area contributed by atoms with Gasteiger partial charge in [-0.2, -0.15) is 5.10 Å². The molecule has 1 aliphatic rings. The largest absolute Gasteiger partial charge is 0.314 e. The van der Waals surface area contributed by atoms with Gasteiger partial charge in [0.25, 0.3) is 0 Å². The minimum absolute atomic E-state index is 0.119. The van der Waals surface area contributed by atoms with E-state index < -0.39 is 0 Å². The molecule has 0 spiro atoms. The number of nitrogens with zero attached hydrogens (tertiary/aromatic N) is 2. The quantitative estimate of drug-likeness (QED) is 0.872. The van der Waals surface area contributed by atoms with Crippen LogP contribution in [0.1, 0.15) is 38.8 Å². The van der Waals surface area contributed by atoms with Gasteiger partial charge in [-0.1, -0.05) is 32.0 Å². The van der Waals surface area contributed by atoms with Gasteiger partial charge in [-0.25, -0.2) is 4.68 Å². The van der Waals surface area contributed by atoms with Crippen molar-refractivity contribution in [3.05, 3.63) is 48.3 Å². The van der Waals surface area contributed by atoms with E-state index >= 15 is 0 Å². The molecule has 20 heavy (non-hydrogen) atoms. The second-order valence-electron chi connectivity index (χ2n) is 6.33. The number of hydrogen-bond acceptors (Lipinski definition) is 2. The van der Waals surface area contributed by atoms with Crippen molar-refractivity contribution in [2.45, 2.75) is 44.6 Å². The van der Waals surface area contributed by atoms with E-state index in [2.05, 4.69) is 59.3 Å². The fourth-order valence-electron chi connectivity index (χ4n) is 2.59. The molecule has 2 aromatic rings. The van der Waals surface area contributed by atoms with E-state index in [4.69, 9.17) is 0 Å². The van der Waals surface area contributed by atoms with Crippen molar-refractivity contribution < 1.29 is 0 Å². The highest BCUT2D eigenvalue weighted by Gasteiger charge is 2.26. The van der Waals surface area contributed by atoms with Crippen LogP contribution in [0.2, 0.25) is 0 Å². The average molecular weight is 269 g/mol. The Morgan fingerprint density at radius 1 is 1.20 bits per heavy atom. The first-order valence-corrected chi connectivity index (χ1v) is 7.50. The molecule has 3 rings (SSSR count). The number of rotatable bonds is 6. The fourth-order valence-corrected chi connectivity index (χ4v) is 2.59. The minimum atomic E-state index is 0.119. The van der Waals surface area contributed by atoms with Crippen LogP contribution < -0.4 is 5.32 Å². The van der Waals surface area contributed by atoms with Crippen molar-refractivity contribution in [2.75, 3.05) is 6.54 Å². The molecule has 0 bridgehead atoms. The summed E-state index contributed by atoms with van der Waals surface area (Å²) in [5.41, 5.74) is 2.53. The Morgan fingerprint density at radius 2 is 1.95 bits per heavy atom. The molecule has 1 N–H and O–H groups in total. The van der Waals surface area contributed by atoms with Crippen molar-refractivity contribution in [1.82, 2.24) is 15.1 Å². The molecule has 0 atom stereocenters. The lowest BCUT2D eigenvalue weighted by atomic mass is 9.85. The average Bonchev–Trinajstić information content (AvgIpc) is 3.12. The molecular formula is C17H23N3. The summed E-state index contributed by atoms with van der Waals surface area (Å²) in [7, 11) is 0. The van der Waals surface area contributed by atoms with E-state index in [1.807, 2.05) is 12.3 Å². The Labute approximate surface area is 121 Å². The summed E-state index contributed by atoms with van der Waals surface area (Å²) in [4.78, 5) is 0. The Kier molecular flexibility index (Phi) is 3.62. The van der Waals surface area contributed by atoms with Crippen molar-refractivity contribution in [1.29, 1.82) is 0 Å². The zero-order chi connectivity index (χ0) is 14.0. The van der Waals surface area contributed by atoms with E-state index in [1.54, 1.807) is 0 Å². The van der Waals surface area contributed by atoms with E-state index in [0.717, 1.165) is 24.7 Å². The van der Waals surface area contributed by atoms with E-state index in [9.17, 15) is 0 Å². The Morgan fingerprint density at radius 3 is 2.65 bits per heavy atom. The molecule has 0 unspecified atom stereocenters. The Balaban J connectivity index is 1.76. The molecule has 106 valence electrons. The minimum Gasteiger partial charge on any atom is -0.314 e. The third kappa shape index (κ3) is 2.93. The van der Waals surface area contributed by atoms with Gasteiger partial charge in [0.2, 0.25) is 0 Å². The molecule has 1 aromatic carbocycles. The molecule has 1 aromatic heterocycles. The lowest BCUT2D eigenvalue weighted by molar-refractivity contribution is 0.433. The normalized spacial score (nSPS) is 15.5. The van der Waals surface area contributed by atoms with Gasteiger partial charge in [-0.3, -0.25) is 0 Å². The van der Waals surface area contributed by atoms with Crippen molar-refractivity contribution >= 4 is 0 Å². The lowest BCUT2D eigenvalue weighted by Crippen LogP contribution is -2.28. The van der Waals surface area contributed by atoms with Crippen molar-refractivity contribution in [2.24, 2.45) is 0 Å². The number of benzene rings is 1. The van der Waals surface area contributed by atoms with Gasteiger partial charge in [0.15, 0.2) is 0 Å². The van der Waals surface area contributed by atoms with Crippen LogP contribution >= 0.6 is 0 Å². The second-order valence-corrected chi connectivity index (χ2v) is 6.33. The maximum atomic E-state index is 4.50. The van der Waals surface area contributed by atoms with Gasteiger partial charge in [0, 0.05) is 23.3 Å². The molecule has 0 aliphatic heterocycles. The number of para-hydroxylation sites is 1. The zero-order valence-electron chi connectivity index (χ0n) is 12.3. The predicted octanol–water partition coefficient (Wildman–Crippen LogP) is 3.29. The molecule has 3 heteroatoms. The monoisotopic (exact) mass is 269 g/mol. The standard InChI is InChI=1S/C17H23N3/c1-17(2,11-13-18-14-8-9-14)16-10-12-19-20(16)15-6-4-3-5-7-15/h3-7,10,12,14,18H,8-9,11,13H2,1-2H3. The van der Waals surface area contributed by atoms with Crippen molar-refractivity contribution in [3.8, 4) is 5.69 Å². The first-order chi connectivity index (χ1) is 9.67. The molecule has 0 amide bonds. The molecule has 1 heterocycles. The summed E-state index contributed by atoms with van der Waals surface area (Å²) in [6, 6.07) is 13.3. The third-order valence-electron chi connectivity index (χ3n) is 4.10. The van der Waals surface area contributed by atoms with Crippen LogP contribution in [0.25, 0.3) is 5.69 Å². The van der Waals surface area contributed by atoms with Gasteiger partial charge >= 0.3 is 0 Å². The topological polar surface area (TPSA) is 29.9 Å². The predicted molar refractivity (Wildman–Crippen MR) is 82.2 cm³/mol. The smallest absolute Gasteiger partial charge is 0.0649 e. The first-order valence-electron chi connectivity index (χ1n) is 7.50. The van der Waals surface area contributed by atoms with Crippen LogP contribution in [0.5, 0.6) is 0 Å². The molecular weight excluding hydrogens is 246 g/mol. The maximum absolute atomic E-state index is 4.50. The van der Waals surface area contributed by atoms with Gasteiger partial charge in [-0.15, -0.1) is 0 Å². The summed E-state index contributed by atoms with van der Waals surface area (Å²) in [6.07, 6.45) is 5.73. The van der Waals surface area contributed by atoms with Crippen LogP contribution in [-0.4, -0.2) is 22.4 Å². The van der Waals surface area contributed by atoms with E-state index in [1.165, 1.54) is 18.5 Å². The molecule has 1 saturated carbocycles.